The SMILES string of the molecule is Cn1cc(CO)cc1CO. The molecular formula is C7H11NO2. The summed E-state index contributed by atoms with van der Waals surface area (Å²) >= 11 is 0. The summed E-state index contributed by atoms with van der Waals surface area (Å²) in [6, 6.07) is 1.78. The zero-order valence-electron chi connectivity index (χ0n) is 5.91. The minimum Gasteiger partial charge on any atom is -0.392 e. The van der Waals surface area contributed by atoms with Gasteiger partial charge in [0.2, 0.25) is 0 Å². The Morgan fingerprint density at radius 1 is 1.40 bits per heavy atom. The van der Waals surface area contributed by atoms with Crippen molar-refractivity contribution in [1.29, 1.82) is 0 Å². The molecular weight excluding hydrogens is 130 g/mol. The lowest BCUT2D eigenvalue weighted by molar-refractivity contribution is 0.272. The molecule has 0 aliphatic heterocycles. The first kappa shape index (κ1) is 7.31. The van der Waals surface area contributed by atoms with E-state index in [0.29, 0.717) is 0 Å². The van der Waals surface area contributed by atoms with Gasteiger partial charge in [-0.05, 0) is 11.6 Å². The molecule has 0 saturated carbocycles. The fraction of sp³-hybridized carbons (Fsp3) is 0.429. The Morgan fingerprint density at radius 3 is 2.40 bits per heavy atom. The molecule has 0 fully saturated rings. The van der Waals surface area contributed by atoms with Crippen molar-refractivity contribution in [2.75, 3.05) is 0 Å². The van der Waals surface area contributed by atoms with Crippen LogP contribution in [0.25, 0.3) is 0 Å². The Hall–Kier alpha value is -0.800. The topological polar surface area (TPSA) is 45.4 Å². The molecule has 0 unspecified atom stereocenters. The predicted molar refractivity (Wildman–Crippen MR) is 37.3 cm³/mol. The number of aromatic nitrogens is 1. The van der Waals surface area contributed by atoms with Crippen LogP contribution in [0.2, 0.25) is 0 Å². The zero-order valence-corrected chi connectivity index (χ0v) is 5.91. The molecule has 0 aliphatic carbocycles. The van der Waals surface area contributed by atoms with E-state index >= 15 is 0 Å². The van der Waals surface area contributed by atoms with Gasteiger partial charge in [-0.2, -0.15) is 0 Å². The Labute approximate surface area is 59.5 Å². The van der Waals surface area contributed by atoms with E-state index < -0.39 is 0 Å². The molecule has 1 heterocycles. The summed E-state index contributed by atoms with van der Waals surface area (Å²) in [5, 5.41) is 17.4. The van der Waals surface area contributed by atoms with E-state index in [0.717, 1.165) is 11.3 Å². The van der Waals surface area contributed by atoms with Crippen molar-refractivity contribution >= 4 is 0 Å². The lowest BCUT2D eigenvalue weighted by Crippen LogP contribution is -1.92. The summed E-state index contributed by atoms with van der Waals surface area (Å²) in [4.78, 5) is 0. The maximum atomic E-state index is 8.72. The van der Waals surface area contributed by atoms with Crippen LogP contribution in [0.3, 0.4) is 0 Å². The molecule has 0 atom stereocenters. The van der Waals surface area contributed by atoms with Gasteiger partial charge in [0.15, 0.2) is 0 Å². The van der Waals surface area contributed by atoms with Gasteiger partial charge in [-0.25, -0.2) is 0 Å². The van der Waals surface area contributed by atoms with Gasteiger partial charge in [0.25, 0.3) is 0 Å². The van der Waals surface area contributed by atoms with Gasteiger partial charge in [-0.3, -0.25) is 0 Å². The molecule has 56 valence electrons. The van der Waals surface area contributed by atoms with Crippen LogP contribution < -0.4 is 0 Å². The molecule has 1 aromatic heterocycles. The second kappa shape index (κ2) is 2.86. The maximum absolute atomic E-state index is 8.72. The average molecular weight is 141 g/mol. The predicted octanol–water partition coefficient (Wildman–Crippen LogP) is 0.00970. The van der Waals surface area contributed by atoms with Crippen LogP contribution in [-0.2, 0) is 20.3 Å². The van der Waals surface area contributed by atoms with Crippen molar-refractivity contribution < 1.29 is 10.2 Å². The molecule has 3 heteroatoms. The van der Waals surface area contributed by atoms with E-state index in [1.54, 1.807) is 16.8 Å². The second-order valence-corrected chi connectivity index (χ2v) is 2.27. The first-order valence-corrected chi connectivity index (χ1v) is 3.13. The number of hydrogen-bond donors (Lipinski definition) is 2. The fourth-order valence-corrected chi connectivity index (χ4v) is 0.928. The summed E-state index contributed by atoms with van der Waals surface area (Å²) in [7, 11) is 1.84. The molecule has 0 aromatic carbocycles. The molecule has 0 saturated heterocycles. The van der Waals surface area contributed by atoms with E-state index in [1.165, 1.54) is 0 Å². The van der Waals surface area contributed by atoms with E-state index in [2.05, 4.69) is 0 Å². The summed E-state index contributed by atoms with van der Waals surface area (Å²) in [6.07, 6.45) is 1.80. The number of nitrogens with zero attached hydrogens (tertiary/aromatic N) is 1. The number of aliphatic hydroxyl groups is 2. The maximum Gasteiger partial charge on any atom is 0.0832 e. The normalized spacial score (nSPS) is 10.3. The summed E-state index contributed by atoms with van der Waals surface area (Å²) in [6.45, 7) is 0.0599. The van der Waals surface area contributed by atoms with Crippen LogP contribution >= 0.6 is 0 Å². The summed E-state index contributed by atoms with van der Waals surface area (Å²) in [5.41, 5.74) is 1.66. The molecule has 1 aromatic rings. The minimum absolute atomic E-state index is 0.0243. The highest BCUT2D eigenvalue weighted by molar-refractivity contribution is 5.16. The van der Waals surface area contributed by atoms with Crippen molar-refractivity contribution in [2.45, 2.75) is 13.2 Å². The van der Waals surface area contributed by atoms with E-state index in [4.69, 9.17) is 10.2 Å². The van der Waals surface area contributed by atoms with Gasteiger partial charge in [-0.15, -0.1) is 0 Å². The number of rotatable bonds is 2. The minimum atomic E-state index is 0.0243. The van der Waals surface area contributed by atoms with Gasteiger partial charge >= 0.3 is 0 Å². The highest BCUT2D eigenvalue weighted by atomic mass is 16.3. The van der Waals surface area contributed by atoms with E-state index in [9.17, 15) is 0 Å². The zero-order chi connectivity index (χ0) is 7.56. The summed E-state index contributed by atoms with van der Waals surface area (Å²) < 4.78 is 1.80. The third-order valence-electron chi connectivity index (χ3n) is 1.51. The summed E-state index contributed by atoms with van der Waals surface area (Å²) in [5.74, 6) is 0. The quantitative estimate of drug-likeness (QED) is 0.609. The van der Waals surface area contributed by atoms with Crippen LogP contribution in [0.1, 0.15) is 11.3 Å². The van der Waals surface area contributed by atoms with Crippen molar-refractivity contribution in [3.05, 3.63) is 23.5 Å². The highest BCUT2D eigenvalue weighted by Crippen LogP contribution is 2.06. The Kier molecular flexibility index (Phi) is 2.09. The number of aliphatic hydroxyl groups excluding tert-OH is 2. The second-order valence-electron chi connectivity index (χ2n) is 2.27. The molecule has 0 radical (unpaired) electrons. The molecule has 0 amide bonds. The van der Waals surface area contributed by atoms with Crippen molar-refractivity contribution in [1.82, 2.24) is 4.57 Å². The van der Waals surface area contributed by atoms with Crippen molar-refractivity contribution in [3.8, 4) is 0 Å². The molecule has 0 aliphatic rings. The van der Waals surface area contributed by atoms with Crippen LogP contribution in [0, 0.1) is 0 Å². The van der Waals surface area contributed by atoms with Crippen molar-refractivity contribution in [3.63, 3.8) is 0 Å². The molecule has 0 spiro atoms. The van der Waals surface area contributed by atoms with Crippen molar-refractivity contribution in [2.24, 2.45) is 7.05 Å². The van der Waals surface area contributed by atoms with Crippen LogP contribution in [-0.4, -0.2) is 14.8 Å². The van der Waals surface area contributed by atoms with Gasteiger partial charge in [0.1, 0.15) is 0 Å². The standard InChI is InChI=1S/C7H11NO2/c1-8-3-6(4-9)2-7(8)5-10/h2-3,9-10H,4-5H2,1H3. The van der Waals surface area contributed by atoms with Crippen LogP contribution in [0.4, 0.5) is 0 Å². The molecule has 2 N–H and O–H groups in total. The number of aryl methyl sites for hydroxylation is 1. The van der Waals surface area contributed by atoms with Gasteiger partial charge in [-0.1, -0.05) is 0 Å². The van der Waals surface area contributed by atoms with Gasteiger partial charge < -0.3 is 14.8 Å². The Bertz CT molecular complexity index is 217. The smallest absolute Gasteiger partial charge is 0.0832 e. The first-order chi connectivity index (χ1) is 4.77. The largest absolute Gasteiger partial charge is 0.392 e. The Balaban J connectivity index is 2.92. The third-order valence-corrected chi connectivity index (χ3v) is 1.51. The monoisotopic (exact) mass is 141 g/mol. The van der Waals surface area contributed by atoms with E-state index in [-0.39, 0.29) is 13.2 Å². The molecule has 10 heavy (non-hydrogen) atoms. The van der Waals surface area contributed by atoms with E-state index in [1.807, 2.05) is 7.05 Å². The average Bonchev–Trinajstić information content (AvgIpc) is 2.30. The third kappa shape index (κ3) is 1.20. The molecule has 0 bridgehead atoms. The lowest BCUT2D eigenvalue weighted by Gasteiger charge is -1.94. The van der Waals surface area contributed by atoms with Gasteiger partial charge in [0.05, 0.1) is 13.2 Å². The van der Waals surface area contributed by atoms with Crippen LogP contribution in [0.15, 0.2) is 12.3 Å². The number of hydrogen-bond acceptors (Lipinski definition) is 2. The highest BCUT2D eigenvalue weighted by Gasteiger charge is 1.98. The van der Waals surface area contributed by atoms with Crippen LogP contribution in [0.5, 0.6) is 0 Å². The Morgan fingerprint density at radius 2 is 2.10 bits per heavy atom. The first-order valence-electron chi connectivity index (χ1n) is 3.13. The lowest BCUT2D eigenvalue weighted by atomic mass is 10.3. The molecule has 3 nitrogen and oxygen atoms in total. The fourth-order valence-electron chi connectivity index (χ4n) is 0.928. The molecule has 1 rings (SSSR count). The van der Waals surface area contributed by atoms with Gasteiger partial charge in [0, 0.05) is 18.9 Å².